The fourth-order valence-corrected chi connectivity index (χ4v) is 2.73. The summed E-state index contributed by atoms with van der Waals surface area (Å²) in [5, 5.41) is 5.77. The van der Waals surface area contributed by atoms with Crippen molar-refractivity contribution in [3.05, 3.63) is 51.7 Å². The standard InChI is InChI=1S/C16H20ClN3OS.HI/c1-12(21-15-7-3-2-6-14(15)17)11-20-16(18)19-9-8-13-5-4-10-22-13;/h2-7,10,12H,8-9,11H2,1H3,(H3,18,19,20);1H. The fourth-order valence-electron chi connectivity index (χ4n) is 1.85. The lowest BCUT2D eigenvalue weighted by atomic mass is 10.3. The molecule has 126 valence electrons. The smallest absolute Gasteiger partial charge is 0.188 e. The third kappa shape index (κ3) is 7.41. The van der Waals surface area contributed by atoms with Crippen LogP contribution in [0.5, 0.6) is 5.75 Å². The third-order valence-corrected chi connectivity index (χ3v) is 4.19. The molecule has 1 atom stereocenters. The van der Waals surface area contributed by atoms with Crippen LogP contribution in [0.3, 0.4) is 0 Å². The predicted octanol–water partition coefficient (Wildman–Crippen LogP) is 3.93. The molecule has 1 aromatic carbocycles. The number of rotatable bonds is 7. The lowest BCUT2D eigenvalue weighted by Crippen LogP contribution is -2.34. The molecule has 1 aromatic heterocycles. The normalized spacial score (nSPS) is 12.3. The second-order valence-corrected chi connectivity index (χ2v) is 6.28. The number of nitrogens with zero attached hydrogens (tertiary/aromatic N) is 1. The SMILES string of the molecule is CC(CN=C(N)NCCc1cccs1)Oc1ccccc1Cl.I. The van der Waals surface area contributed by atoms with Crippen LogP contribution in [0, 0.1) is 0 Å². The summed E-state index contributed by atoms with van der Waals surface area (Å²) in [6.45, 7) is 3.18. The van der Waals surface area contributed by atoms with Crippen molar-refractivity contribution in [1.29, 1.82) is 0 Å². The topological polar surface area (TPSA) is 59.6 Å². The van der Waals surface area contributed by atoms with E-state index in [9.17, 15) is 0 Å². The third-order valence-electron chi connectivity index (χ3n) is 2.94. The van der Waals surface area contributed by atoms with E-state index in [2.05, 4.69) is 21.8 Å². The maximum Gasteiger partial charge on any atom is 0.188 e. The quantitative estimate of drug-likeness (QED) is 0.370. The first kappa shape index (κ1) is 20.1. The maximum atomic E-state index is 6.05. The monoisotopic (exact) mass is 465 g/mol. The lowest BCUT2D eigenvalue weighted by Gasteiger charge is -2.14. The Kier molecular flexibility index (Phi) is 9.35. The summed E-state index contributed by atoms with van der Waals surface area (Å²) in [7, 11) is 0. The van der Waals surface area contributed by atoms with Crippen LogP contribution >= 0.6 is 46.9 Å². The fraction of sp³-hybridized carbons (Fsp3) is 0.312. The van der Waals surface area contributed by atoms with Gasteiger partial charge in [0.1, 0.15) is 11.9 Å². The van der Waals surface area contributed by atoms with Crippen LogP contribution in [-0.2, 0) is 6.42 Å². The molecule has 0 fully saturated rings. The number of nitrogens with two attached hydrogens (primary N) is 1. The van der Waals surface area contributed by atoms with Crippen LogP contribution in [-0.4, -0.2) is 25.2 Å². The summed E-state index contributed by atoms with van der Waals surface area (Å²) in [6, 6.07) is 11.5. The van der Waals surface area contributed by atoms with Crippen LogP contribution in [0.4, 0.5) is 0 Å². The summed E-state index contributed by atoms with van der Waals surface area (Å²) in [4.78, 5) is 5.62. The number of hydrogen-bond acceptors (Lipinski definition) is 3. The summed E-state index contributed by atoms with van der Waals surface area (Å²) >= 11 is 7.79. The average Bonchev–Trinajstić information content (AvgIpc) is 3.01. The molecule has 1 unspecified atom stereocenters. The van der Waals surface area contributed by atoms with Gasteiger partial charge in [-0.2, -0.15) is 0 Å². The van der Waals surface area contributed by atoms with E-state index in [-0.39, 0.29) is 30.1 Å². The summed E-state index contributed by atoms with van der Waals surface area (Å²) in [6.07, 6.45) is 0.845. The molecule has 0 bridgehead atoms. The minimum absolute atomic E-state index is 0. The molecule has 1 heterocycles. The van der Waals surface area contributed by atoms with Crippen molar-refractivity contribution in [2.24, 2.45) is 10.7 Å². The molecule has 0 saturated heterocycles. The Bertz CT molecular complexity index is 607. The Hall–Kier alpha value is -0.990. The number of aliphatic imine (C=N–C) groups is 1. The molecule has 0 amide bonds. The maximum absolute atomic E-state index is 6.05. The predicted molar refractivity (Wildman–Crippen MR) is 109 cm³/mol. The van der Waals surface area contributed by atoms with Crippen molar-refractivity contribution in [3.63, 3.8) is 0 Å². The van der Waals surface area contributed by atoms with Crippen molar-refractivity contribution in [3.8, 4) is 5.75 Å². The van der Waals surface area contributed by atoms with Crippen LogP contribution in [0.15, 0.2) is 46.8 Å². The molecular weight excluding hydrogens is 445 g/mol. The van der Waals surface area contributed by atoms with Gasteiger partial charge in [-0.15, -0.1) is 35.3 Å². The van der Waals surface area contributed by atoms with Crippen molar-refractivity contribution in [2.75, 3.05) is 13.1 Å². The molecule has 0 saturated carbocycles. The van der Waals surface area contributed by atoms with Gasteiger partial charge in [0.05, 0.1) is 11.6 Å². The summed E-state index contributed by atoms with van der Waals surface area (Å²) < 4.78 is 5.74. The van der Waals surface area contributed by atoms with Crippen molar-refractivity contribution in [2.45, 2.75) is 19.4 Å². The second kappa shape index (κ2) is 10.7. The zero-order chi connectivity index (χ0) is 15.8. The molecule has 7 heteroatoms. The number of benzene rings is 1. The molecule has 0 spiro atoms. The van der Waals surface area contributed by atoms with E-state index in [0.717, 1.165) is 13.0 Å². The van der Waals surface area contributed by atoms with Gasteiger partial charge in [-0.05, 0) is 36.9 Å². The van der Waals surface area contributed by atoms with Gasteiger partial charge in [0.2, 0.25) is 0 Å². The van der Waals surface area contributed by atoms with Gasteiger partial charge in [-0.3, -0.25) is 0 Å². The Balaban J connectivity index is 0.00000264. The van der Waals surface area contributed by atoms with Crippen molar-refractivity contribution in [1.82, 2.24) is 5.32 Å². The summed E-state index contributed by atoms with van der Waals surface area (Å²) in [5.41, 5.74) is 5.85. The number of nitrogens with one attached hydrogen (secondary N) is 1. The van der Waals surface area contributed by atoms with Crippen molar-refractivity contribution < 1.29 is 4.74 Å². The van der Waals surface area contributed by atoms with Gasteiger partial charge in [0.25, 0.3) is 0 Å². The van der Waals surface area contributed by atoms with E-state index in [4.69, 9.17) is 22.1 Å². The number of hydrogen-bond donors (Lipinski definition) is 2. The Morgan fingerprint density at radius 1 is 1.35 bits per heavy atom. The molecular formula is C16H21ClIN3OS. The Morgan fingerprint density at radius 3 is 2.83 bits per heavy atom. The number of thiophene rings is 1. The minimum atomic E-state index is -0.0995. The first-order chi connectivity index (χ1) is 10.6. The van der Waals surface area contributed by atoms with E-state index in [1.54, 1.807) is 17.4 Å². The second-order valence-electron chi connectivity index (χ2n) is 4.84. The Labute approximate surface area is 163 Å². The van der Waals surface area contributed by atoms with E-state index in [1.165, 1.54) is 4.88 Å². The van der Waals surface area contributed by atoms with Gasteiger partial charge < -0.3 is 15.8 Å². The first-order valence-electron chi connectivity index (χ1n) is 7.12. The van der Waals surface area contributed by atoms with Crippen LogP contribution in [0.1, 0.15) is 11.8 Å². The molecule has 2 rings (SSSR count). The van der Waals surface area contributed by atoms with Crippen LogP contribution in [0.25, 0.3) is 0 Å². The number of guanidine groups is 1. The number of para-hydroxylation sites is 1. The summed E-state index contributed by atoms with van der Waals surface area (Å²) in [5.74, 6) is 1.10. The van der Waals surface area contributed by atoms with Crippen LogP contribution in [0.2, 0.25) is 5.02 Å². The molecule has 0 radical (unpaired) electrons. The highest BCUT2D eigenvalue weighted by molar-refractivity contribution is 14.0. The largest absolute Gasteiger partial charge is 0.487 e. The average molecular weight is 466 g/mol. The van der Waals surface area contributed by atoms with E-state index < -0.39 is 0 Å². The van der Waals surface area contributed by atoms with Gasteiger partial charge in [0, 0.05) is 11.4 Å². The molecule has 2 aromatic rings. The number of ether oxygens (including phenoxy) is 1. The van der Waals surface area contributed by atoms with E-state index >= 15 is 0 Å². The first-order valence-corrected chi connectivity index (χ1v) is 8.38. The zero-order valence-corrected chi connectivity index (χ0v) is 16.8. The van der Waals surface area contributed by atoms with Crippen molar-refractivity contribution >= 4 is 52.9 Å². The number of halogens is 2. The van der Waals surface area contributed by atoms with Gasteiger partial charge in [0.15, 0.2) is 5.96 Å². The minimum Gasteiger partial charge on any atom is -0.487 e. The Morgan fingerprint density at radius 2 is 2.13 bits per heavy atom. The molecule has 3 N–H and O–H groups in total. The van der Waals surface area contributed by atoms with Gasteiger partial charge in [-0.25, -0.2) is 4.99 Å². The highest BCUT2D eigenvalue weighted by atomic mass is 127. The molecule has 0 aliphatic carbocycles. The molecule has 0 aliphatic heterocycles. The lowest BCUT2D eigenvalue weighted by molar-refractivity contribution is 0.230. The van der Waals surface area contributed by atoms with Gasteiger partial charge in [-0.1, -0.05) is 29.8 Å². The highest BCUT2D eigenvalue weighted by Crippen LogP contribution is 2.24. The van der Waals surface area contributed by atoms with Gasteiger partial charge >= 0.3 is 0 Å². The van der Waals surface area contributed by atoms with E-state index in [0.29, 0.717) is 23.3 Å². The molecule has 23 heavy (non-hydrogen) atoms. The molecule has 0 aliphatic rings. The zero-order valence-electron chi connectivity index (χ0n) is 12.9. The van der Waals surface area contributed by atoms with Crippen LogP contribution < -0.4 is 15.8 Å². The van der Waals surface area contributed by atoms with E-state index in [1.807, 2.05) is 31.2 Å². The molecule has 4 nitrogen and oxygen atoms in total. The highest BCUT2D eigenvalue weighted by Gasteiger charge is 2.06.